The fraction of sp³-hybridized carbons (Fsp3) is 0.556. The van der Waals surface area contributed by atoms with Crippen LogP contribution in [0.5, 0.6) is 0 Å². The van der Waals surface area contributed by atoms with Gasteiger partial charge in [0, 0.05) is 17.8 Å². The van der Waals surface area contributed by atoms with E-state index in [4.69, 9.17) is 4.52 Å². The van der Waals surface area contributed by atoms with Gasteiger partial charge in [0.05, 0.1) is 0 Å². The van der Waals surface area contributed by atoms with E-state index in [1.165, 1.54) is 0 Å². The molecule has 5 heteroatoms. The first kappa shape index (κ1) is 11.2. The van der Waals surface area contributed by atoms with E-state index in [0.717, 1.165) is 18.2 Å². The van der Waals surface area contributed by atoms with Crippen LogP contribution in [0.2, 0.25) is 0 Å². The predicted octanol–water partition coefficient (Wildman–Crippen LogP) is 2.49. The minimum absolute atomic E-state index is 0.0146. The van der Waals surface area contributed by atoms with Crippen molar-refractivity contribution in [2.45, 2.75) is 26.2 Å². The van der Waals surface area contributed by atoms with Gasteiger partial charge in [0.1, 0.15) is 5.76 Å². The Balaban J connectivity index is 2.27. The van der Waals surface area contributed by atoms with Crippen LogP contribution in [0, 0.1) is 6.92 Å². The highest BCUT2D eigenvalue weighted by molar-refractivity contribution is 9.09. The summed E-state index contributed by atoms with van der Waals surface area (Å²) in [5.74, 6) is 1.17. The molecule has 0 saturated heterocycles. The number of unbranched alkanes of at least 4 members (excludes halogenated alkanes) is 1. The Hall–Kier alpha value is -0.840. The lowest BCUT2D eigenvalue weighted by Gasteiger charge is -1.99. The number of alkyl halides is 1. The number of halogens is 1. The van der Waals surface area contributed by atoms with Crippen LogP contribution in [0.4, 0.5) is 5.82 Å². The van der Waals surface area contributed by atoms with E-state index < -0.39 is 0 Å². The molecule has 1 rings (SSSR count). The maximum atomic E-state index is 11.3. The molecule has 0 radical (unpaired) electrons. The number of nitrogens with one attached hydrogen (secondary N) is 1. The zero-order chi connectivity index (χ0) is 10.4. The van der Waals surface area contributed by atoms with Crippen molar-refractivity contribution in [2.24, 2.45) is 0 Å². The lowest BCUT2D eigenvalue weighted by molar-refractivity contribution is -0.116. The summed E-state index contributed by atoms with van der Waals surface area (Å²) in [5, 5.41) is 7.26. The lowest BCUT2D eigenvalue weighted by atomic mass is 10.2. The molecule has 0 fully saturated rings. The molecule has 14 heavy (non-hydrogen) atoms. The molecule has 0 aromatic carbocycles. The van der Waals surface area contributed by atoms with Crippen LogP contribution in [0.3, 0.4) is 0 Å². The van der Waals surface area contributed by atoms with E-state index in [1.54, 1.807) is 13.0 Å². The van der Waals surface area contributed by atoms with Crippen molar-refractivity contribution in [3.63, 3.8) is 0 Å². The summed E-state index contributed by atoms with van der Waals surface area (Å²) < 4.78 is 4.82. The van der Waals surface area contributed by atoms with Crippen molar-refractivity contribution < 1.29 is 9.32 Å². The summed E-state index contributed by atoms with van der Waals surface area (Å²) in [6.45, 7) is 1.79. The Morgan fingerprint density at radius 1 is 1.64 bits per heavy atom. The number of nitrogens with zero attached hydrogens (tertiary/aromatic N) is 1. The second-order valence-electron chi connectivity index (χ2n) is 3.02. The molecule has 0 aliphatic rings. The molecule has 1 aromatic heterocycles. The number of rotatable bonds is 5. The van der Waals surface area contributed by atoms with Gasteiger partial charge in [-0.25, -0.2) is 0 Å². The van der Waals surface area contributed by atoms with Gasteiger partial charge in [-0.15, -0.1) is 0 Å². The van der Waals surface area contributed by atoms with Gasteiger partial charge in [-0.2, -0.15) is 0 Å². The minimum atomic E-state index is -0.0146. The number of carbonyl (C=O) groups is 1. The van der Waals surface area contributed by atoms with Crippen molar-refractivity contribution in [1.82, 2.24) is 5.16 Å². The SMILES string of the molecule is Cc1cc(NC(=O)CCCCBr)no1. The average molecular weight is 261 g/mol. The van der Waals surface area contributed by atoms with E-state index in [1.807, 2.05) is 0 Å². The first-order valence-electron chi connectivity index (χ1n) is 4.51. The number of hydrogen-bond acceptors (Lipinski definition) is 3. The zero-order valence-electron chi connectivity index (χ0n) is 8.05. The van der Waals surface area contributed by atoms with E-state index in [0.29, 0.717) is 18.0 Å². The molecule has 0 spiro atoms. The van der Waals surface area contributed by atoms with Crippen LogP contribution in [0.1, 0.15) is 25.0 Å². The molecule has 0 aliphatic carbocycles. The van der Waals surface area contributed by atoms with Gasteiger partial charge in [-0.3, -0.25) is 4.79 Å². The third-order valence-corrected chi connectivity index (χ3v) is 2.24. The van der Waals surface area contributed by atoms with Crippen LogP contribution in [0.25, 0.3) is 0 Å². The lowest BCUT2D eigenvalue weighted by Crippen LogP contribution is -2.11. The minimum Gasteiger partial charge on any atom is -0.360 e. The van der Waals surface area contributed by atoms with Crippen molar-refractivity contribution in [2.75, 3.05) is 10.6 Å². The van der Waals surface area contributed by atoms with E-state index >= 15 is 0 Å². The molecular weight excluding hydrogens is 248 g/mol. The van der Waals surface area contributed by atoms with Crippen LogP contribution in [0.15, 0.2) is 10.6 Å². The van der Waals surface area contributed by atoms with E-state index in [-0.39, 0.29) is 5.91 Å². The summed E-state index contributed by atoms with van der Waals surface area (Å²) in [4.78, 5) is 11.3. The summed E-state index contributed by atoms with van der Waals surface area (Å²) in [6.07, 6.45) is 2.41. The number of aryl methyl sites for hydroxylation is 1. The molecular formula is C9H13BrN2O2. The summed E-state index contributed by atoms with van der Waals surface area (Å²) in [6, 6.07) is 1.70. The Morgan fingerprint density at radius 3 is 3.00 bits per heavy atom. The number of hydrogen-bond donors (Lipinski definition) is 1. The monoisotopic (exact) mass is 260 g/mol. The van der Waals surface area contributed by atoms with Crippen LogP contribution in [-0.2, 0) is 4.79 Å². The van der Waals surface area contributed by atoms with Crippen LogP contribution >= 0.6 is 15.9 Å². The molecule has 0 unspecified atom stereocenters. The molecule has 0 saturated carbocycles. The van der Waals surface area contributed by atoms with Gasteiger partial charge in [-0.05, 0) is 19.8 Å². The molecule has 0 atom stereocenters. The van der Waals surface area contributed by atoms with Crippen molar-refractivity contribution in [3.05, 3.63) is 11.8 Å². The van der Waals surface area contributed by atoms with E-state index in [2.05, 4.69) is 26.4 Å². The largest absolute Gasteiger partial charge is 0.360 e. The summed E-state index contributed by atoms with van der Waals surface area (Å²) >= 11 is 3.31. The molecule has 4 nitrogen and oxygen atoms in total. The molecule has 1 heterocycles. The zero-order valence-corrected chi connectivity index (χ0v) is 9.63. The summed E-state index contributed by atoms with van der Waals surface area (Å²) in [5.41, 5.74) is 0. The number of anilines is 1. The highest BCUT2D eigenvalue weighted by Gasteiger charge is 2.05. The van der Waals surface area contributed by atoms with E-state index in [9.17, 15) is 4.79 Å². The van der Waals surface area contributed by atoms with Crippen molar-refractivity contribution in [3.8, 4) is 0 Å². The first-order valence-corrected chi connectivity index (χ1v) is 5.63. The molecule has 78 valence electrons. The van der Waals surface area contributed by atoms with Crippen molar-refractivity contribution in [1.29, 1.82) is 0 Å². The topological polar surface area (TPSA) is 55.1 Å². The predicted molar refractivity (Wildman–Crippen MR) is 57.5 cm³/mol. The van der Waals surface area contributed by atoms with Gasteiger partial charge in [0.2, 0.25) is 5.91 Å². The molecule has 1 amide bonds. The number of carbonyl (C=O) groups excluding carboxylic acids is 1. The van der Waals surface area contributed by atoms with Gasteiger partial charge in [0.15, 0.2) is 5.82 Å². The third-order valence-electron chi connectivity index (χ3n) is 1.68. The Kier molecular flexibility index (Phi) is 4.65. The molecule has 1 N–H and O–H groups in total. The Labute approximate surface area is 91.2 Å². The Bertz CT molecular complexity index is 299. The average Bonchev–Trinajstić information content (AvgIpc) is 2.52. The van der Waals surface area contributed by atoms with Crippen LogP contribution < -0.4 is 5.32 Å². The quantitative estimate of drug-likeness (QED) is 0.654. The highest BCUT2D eigenvalue weighted by Crippen LogP contribution is 2.08. The van der Waals surface area contributed by atoms with Gasteiger partial charge < -0.3 is 9.84 Å². The first-order chi connectivity index (χ1) is 6.72. The molecule has 1 aromatic rings. The van der Waals surface area contributed by atoms with Gasteiger partial charge in [-0.1, -0.05) is 21.1 Å². The highest BCUT2D eigenvalue weighted by atomic mass is 79.9. The second kappa shape index (κ2) is 5.80. The maximum absolute atomic E-state index is 11.3. The fourth-order valence-electron chi connectivity index (χ4n) is 1.01. The van der Waals surface area contributed by atoms with Crippen LogP contribution in [-0.4, -0.2) is 16.4 Å². The number of amides is 1. The third kappa shape index (κ3) is 3.91. The number of aromatic nitrogens is 1. The molecule has 0 aliphatic heterocycles. The summed E-state index contributed by atoms with van der Waals surface area (Å²) in [7, 11) is 0. The van der Waals surface area contributed by atoms with Gasteiger partial charge in [0.25, 0.3) is 0 Å². The van der Waals surface area contributed by atoms with Gasteiger partial charge >= 0.3 is 0 Å². The smallest absolute Gasteiger partial charge is 0.225 e. The second-order valence-corrected chi connectivity index (χ2v) is 3.81. The fourth-order valence-corrected chi connectivity index (χ4v) is 1.41. The maximum Gasteiger partial charge on any atom is 0.225 e. The van der Waals surface area contributed by atoms with Crippen molar-refractivity contribution >= 4 is 27.7 Å². The molecule has 0 bridgehead atoms. The normalized spacial score (nSPS) is 10.1. The standard InChI is InChI=1S/C9H13BrN2O2/c1-7-6-8(12-14-7)11-9(13)4-2-3-5-10/h6H,2-5H2,1H3,(H,11,12,13). The Morgan fingerprint density at radius 2 is 2.43 bits per heavy atom.